The first kappa shape index (κ1) is 23.0. The van der Waals surface area contributed by atoms with Gasteiger partial charge in [0, 0.05) is 30.6 Å². The maximum Gasteiger partial charge on any atom is 0.408 e. The maximum atomic E-state index is 15.0. The van der Waals surface area contributed by atoms with E-state index in [0.717, 1.165) is 12.8 Å². The molecule has 1 aliphatic heterocycles. The Hall–Kier alpha value is -3.76. The molecule has 2 aliphatic rings. The summed E-state index contributed by atoms with van der Waals surface area (Å²) in [5.41, 5.74) is 1.37. The second kappa shape index (κ2) is 9.12. The Morgan fingerprint density at radius 3 is 3.09 bits per heavy atom. The number of hydrogen-bond acceptors (Lipinski definition) is 9. The van der Waals surface area contributed by atoms with Gasteiger partial charge >= 0.3 is 6.09 Å². The SMILES string of the molecule is CC1(NC(=O)O[C@H]2CO[C@@H](c3cc(Nc4nc(CCCO)c(C#N)c5nccn45)n[nH]3)[C@@H]2F)CC1. The number of aromatic amines is 1. The highest BCUT2D eigenvalue weighted by Gasteiger charge is 2.44. The van der Waals surface area contributed by atoms with Crippen molar-refractivity contribution in [3.63, 3.8) is 0 Å². The van der Waals surface area contributed by atoms with Crippen LogP contribution in [0.3, 0.4) is 0 Å². The lowest BCUT2D eigenvalue weighted by Crippen LogP contribution is -2.39. The molecule has 35 heavy (non-hydrogen) atoms. The Labute approximate surface area is 199 Å². The molecule has 0 unspecified atom stereocenters. The number of alkyl carbamates (subject to hydrolysis) is 1. The van der Waals surface area contributed by atoms with Gasteiger partial charge in [0.25, 0.3) is 0 Å². The number of H-pyrrole nitrogens is 1. The zero-order valence-corrected chi connectivity index (χ0v) is 19.0. The van der Waals surface area contributed by atoms with E-state index in [9.17, 15) is 15.2 Å². The number of anilines is 2. The number of nitrogens with one attached hydrogen (secondary N) is 3. The van der Waals surface area contributed by atoms with E-state index in [-0.39, 0.29) is 18.8 Å². The number of imidazole rings is 1. The molecule has 12 nitrogen and oxygen atoms in total. The fourth-order valence-corrected chi connectivity index (χ4v) is 3.98. The van der Waals surface area contributed by atoms with E-state index in [1.54, 1.807) is 22.9 Å². The van der Waals surface area contributed by atoms with Gasteiger partial charge in [0.15, 0.2) is 23.7 Å². The standard InChI is InChI=1S/C22H25FN8O4/c1-22(4-5-22)28-21(33)35-15-11-34-18(17(15)23)14-9-16(30-29-14)27-20-26-13(3-2-8-32)12(10-24)19-25-6-7-31(19)20/h6-7,9,15,17-18,32H,2-5,8,11H2,1H3,(H,28,33)(H2,26,27,29,30)/t15-,17+,18-/m0/s1. The van der Waals surface area contributed by atoms with Crippen LogP contribution in [-0.4, -0.2) is 66.8 Å². The zero-order valence-electron chi connectivity index (χ0n) is 19.0. The normalized spacial score (nSPS) is 22.6. The van der Waals surface area contributed by atoms with Crippen molar-refractivity contribution < 1.29 is 23.8 Å². The number of aliphatic hydroxyl groups is 1. The molecule has 1 saturated heterocycles. The highest BCUT2D eigenvalue weighted by atomic mass is 19.1. The molecule has 3 aromatic heterocycles. The van der Waals surface area contributed by atoms with Crippen molar-refractivity contribution in [3.05, 3.63) is 35.4 Å². The third-order valence-corrected chi connectivity index (χ3v) is 6.20. The summed E-state index contributed by atoms with van der Waals surface area (Å²) in [6.45, 7) is 1.80. The fourth-order valence-electron chi connectivity index (χ4n) is 3.98. The number of alkyl halides is 1. The number of carbonyl (C=O) groups is 1. The predicted molar refractivity (Wildman–Crippen MR) is 120 cm³/mol. The topological polar surface area (TPSA) is 162 Å². The van der Waals surface area contributed by atoms with E-state index in [1.165, 1.54) is 0 Å². The van der Waals surface area contributed by atoms with E-state index in [2.05, 4.69) is 36.9 Å². The lowest BCUT2D eigenvalue weighted by atomic mass is 10.1. The fraction of sp³-hybridized carbons (Fsp3) is 0.500. The van der Waals surface area contributed by atoms with E-state index in [1.807, 2.05) is 6.92 Å². The summed E-state index contributed by atoms with van der Waals surface area (Å²) in [6, 6.07) is 3.71. The van der Waals surface area contributed by atoms with Crippen molar-refractivity contribution >= 4 is 23.5 Å². The second-order valence-corrected chi connectivity index (χ2v) is 8.98. The summed E-state index contributed by atoms with van der Waals surface area (Å²) >= 11 is 0. The van der Waals surface area contributed by atoms with Crippen molar-refractivity contribution in [1.29, 1.82) is 5.26 Å². The quantitative estimate of drug-likeness (QED) is 0.375. The number of halogens is 1. The minimum Gasteiger partial charge on any atom is -0.441 e. The van der Waals surface area contributed by atoms with Gasteiger partial charge in [0.2, 0.25) is 5.95 Å². The number of fused-ring (bicyclic) bond motifs is 1. The van der Waals surface area contributed by atoms with Gasteiger partial charge < -0.3 is 25.2 Å². The van der Waals surface area contributed by atoms with Gasteiger partial charge in [-0.2, -0.15) is 10.4 Å². The molecule has 1 aliphatic carbocycles. The molecular formula is C22H25FN8O4. The van der Waals surface area contributed by atoms with Gasteiger partial charge in [-0.3, -0.25) is 9.50 Å². The smallest absolute Gasteiger partial charge is 0.408 e. The summed E-state index contributed by atoms with van der Waals surface area (Å²) in [5, 5.41) is 31.5. The van der Waals surface area contributed by atoms with Crippen LogP contribution >= 0.6 is 0 Å². The van der Waals surface area contributed by atoms with Crippen molar-refractivity contribution in [1.82, 2.24) is 29.9 Å². The molecule has 1 saturated carbocycles. The van der Waals surface area contributed by atoms with Gasteiger partial charge in [-0.25, -0.2) is 19.2 Å². The molecule has 0 spiro atoms. The number of amides is 1. The number of ether oxygens (including phenoxy) is 2. The van der Waals surface area contributed by atoms with E-state index in [0.29, 0.717) is 47.2 Å². The van der Waals surface area contributed by atoms with Crippen molar-refractivity contribution in [3.8, 4) is 6.07 Å². The highest BCUT2D eigenvalue weighted by molar-refractivity contribution is 5.69. The van der Waals surface area contributed by atoms with Crippen LogP contribution in [0.1, 0.15) is 49.2 Å². The molecule has 0 radical (unpaired) electrons. The number of aliphatic hydroxyl groups excluding tert-OH is 1. The number of rotatable bonds is 8. The van der Waals surface area contributed by atoms with Crippen LogP contribution in [0.2, 0.25) is 0 Å². The summed E-state index contributed by atoms with van der Waals surface area (Å²) in [7, 11) is 0. The molecule has 3 atom stereocenters. The molecule has 13 heteroatoms. The molecule has 184 valence electrons. The molecule has 3 aromatic rings. The molecule has 0 aromatic carbocycles. The van der Waals surface area contributed by atoms with Crippen molar-refractivity contribution in [2.45, 2.75) is 56.5 Å². The first-order chi connectivity index (χ1) is 16.9. The molecule has 4 heterocycles. The van der Waals surface area contributed by atoms with Gasteiger partial charge in [0.1, 0.15) is 17.7 Å². The minimum atomic E-state index is -1.57. The third-order valence-electron chi connectivity index (χ3n) is 6.20. The number of carbonyl (C=O) groups excluding carboxylic acids is 1. The van der Waals surface area contributed by atoms with Crippen LogP contribution < -0.4 is 10.6 Å². The number of nitriles is 1. The molecule has 2 fully saturated rings. The van der Waals surface area contributed by atoms with Gasteiger partial charge in [0.05, 0.1) is 18.0 Å². The van der Waals surface area contributed by atoms with E-state index < -0.39 is 24.5 Å². The van der Waals surface area contributed by atoms with Crippen molar-refractivity contribution in [2.24, 2.45) is 0 Å². The lowest BCUT2D eigenvalue weighted by molar-refractivity contribution is 0.0604. The summed E-state index contributed by atoms with van der Waals surface area (Å²) in [6.07, 6.45) is 1.57. The van der Waals surface area contributed by atoms with Crippen LogP contribution in [0.5, 0.6) is 0 Å². The first-order valence-corrected chi connectivity index (χ1v) is 11.3. The van der Waals surface area contributed by atoms with E-state index >= 15 is 4.39 Å². The Balaban J connectivity index is 1.30. The second-order valence-electron chi connectivity index (χ2n) is 8.98. The minimum absolute atomic E-state index is 0.0326. The molecular weight excluding hydrogens is 459 g/mol. The monoisotopic (exact) mass is 484 g/mol. The number of hydrogen-bond donors (Lipinski definition) is 4. The first-order valence-electron chi connectivity index (χ1n) is 11.3. The Kier molecular flexibility index (Phi) is 6.00. The van der Waals surface area contributed by atoms with Gasteiger partial charge in [-0.1, -0.05) is 0 Å². The van der Waals surface area contributed by atoms with Crippen LogP contribution in [0, 0.1) is 11.3 Å². The molecule has 0 bridgehead atoms. The summed E-state index contributed by atoms with van der Waals surface area (Å²) in [4.78, 5) is 20.8. The third kappa shape index (κ3) is 4.62. The van der Waals surface area contributed by atoms with Crippen LogP contribution in [0.25, 0.3) is 5.65 Å². The van der Waals surface area contributed by atoms with Crippen LogP contribution in [0.4, 0.5) is 21.0 Å². The average Bonchev–Trinajstić information content (AvgIpc) is 3.23. The average molecular weight is 484 g/mol. The Bertz CT molecular complexity index is 1280. The largest absolute Gasteiger partial charge is 0.441 e. The zero-order chi connectivity index (χ0) is 24.6. The predicted octanol–water partition coefficient (Wildman–Crippen LogP) is 2.05. The van der Waals surface area contributed by atoms with E-state index in [4.69, 9.17) is 9.47 Å². The number of nitrogens with zero attached hydrogens (tertiary/aromatic N) is 5. The Morgan fingerprint density at radius 1 is 1.51 bits per heavy atom. The molecule has 4 N–H and O–H groups in total. The molecule has 1 amide bonds. The van der Waals surface area contributed by atoms with Gasteiger partial charge in [-0.15, -0.1) is 0 Å². The van der Waals surface area contributed by atoms with Crippen molar-refractivity contribution in [2.75, 3.05) is 18.5 Å². The number of aryl methyl sites for hydroxylation is 1. The maximum absolute atomic E-state index is 15.0. The van der Waals surface area contributed by atoms with Crippen LogP contribution in [-0.2, 0) is 15.9 Å². The molecule has 5 rings (SSSR count). The Morgan fingerprint density at radius 2 is 2.34 bits per heavy atom. The summed E-state index contributed by atoms with van der Waals surface area (Å²) < 4.78 is 27.4. The lowest BCUT2D eigenvalue weighted by Gasteiger charge is -2.17. The van der Waals surface area contributed by atoms with Crippen LogP contribution in [0.15, 0.2) is 18.5 Å². The highest BCUT2D eigenvalue weighted by Crippen LogP contribution is 2.36. The summed E-state index contributed by atoms with van der Waals surface area (Å²) in [5.74, 6) is 0.706. The van der Waals surface area contributed by atoms with Gasteiger partial charge in [-0.05, 0) is 32.6 Å². The number of aromatic nitrogens is 5.